The van der Waals surface area contributed by atoms with Crippen LogP contribution in [0.15, 0.2) is 23.3 Å². The molecule has 0 spiro atoms. The fraction of sp³-hybridized carbons (Fsp3) is 0.833. The molecule has 0 aromatic rings. The van der Waals surface area contributed by atoms with Crippen LogP contribution in [0, 0.1) is 44.3 Å². The van der Waals surface area contributed by atoms with Crippen LogP contribution in [-0.4, -0.2) is 44.7 Å². The fourth-order valence-electron chi connectivity index (χ4n) is 10.1. The molecule has 9 atom stereocenters. The highest BCUT2D eigenvalue weighted by Crippen LogP contribution is 2.74. The Morgan fingerprint density at radius 1 is 0.914 bits per heavy atom. The molecule has 5 nitrogen and oxygen atoms in total. The van der Waals surface area contributed by atoms with E-state index in [0.29, 0.717) is 25.7 Å². The highest BCUT2D eigenvalue weighted by Gasteiger charge is 2.69. The smallest absolute Gasteiger partial charge is 0.313 e. The molecule has 5 aliphatic carbocycles. The van der Waals surface area contributed by atoms with E-state index >= 15 is 0 Å². The minimum Gasteiger partial charge on any atom is -0.481 e. The standard InChI is InChI=1S/C30H46O5/c1-25(2)12-14-30(24(34)35)15-13-28(6)17(21(30)23(25)33)8-9-20-27(5)16-18(31)22(32)26(3,4)19(27)10-11-29(20,28)7/h8-9,18-20,22-23,31-33H,10-16H2,1-7H3,(H,34,35). The van der Waals surface area contributed by atoms with Gasteiger partial charge in [-0.15, -0.1) is 0 Å². The largest absolute Gasteiger partial charge is 0.481 e. The zero-order chi connectivity index (χ0) is 26.0. The first kappa shape index (κ1) is 25.5. The maximum atomic E-state index is 12.8. The van der Waals surface area contributed by atoms with E-state index in [1.165, 1.54) is 0 Å². The van der Waals surface area contributed by atoms with E-state index in [2.05, 4.69) is 60.6 Å². The minimum atomic E-state index is -0.981. The van der Waals surface area contributed by atoms with E-state index in [-0.39, 0.29) is 38.9 Å². The molecule has 0 heterocycles. The summed E-state index contributed by atoms with van der Waals surface area (Å²) in [6.45, 7) is 15.3. The van der Waals surface area contributed by atoms with Crippen molar-refractivity contribution >= 4 is 5.97 Å². The van der Waals surface area contributed by atoms with Gasteiger partial charge in [-0.2, -0.15) is 0 Å². The minimum absolute atomic E-state index is 0.126. The second-order valence-electron chi connectivity index (χ2n) is 14.8. The first-order valence-corrected chi connectivity index (χ1v) is 13.7. The molecular weight excluding hydrogens is 440 g/mol. The molecule has 0 saturated heterocycles. The highest BCUT2D eigenvalue weighted by atomic mass is 16.4. The summed E-state index contributed by atoms with van der Waals surface area (Å²) in [5.74, 6) is -0.301. The summed E-state index contributed by atoms with van der Waals surface area (Å²) in [6.07, 6.45) is 7.38. The van der Waals surface area contributed by atoms with Crippen LogP contribution in [0.5, 0.6) is 0 Å². The van der Waals surface area contributed by atoms with Gasteiger partial charge in [0, 0.05) is 0 Å². The van der Waals surface area contributed by atoms with Crippen molar-refractivity contribution in [3.63, 3.8) is 0 Å². The van der Waals surface area contributed by atoms with Gasteiger partial charge in [-0.05, 0) is 95.0 Å². The van der Waals surface area contributed by atoms with Gasteiger partial charge in [-0.1, -0.05) is 60.6 Å². The molecule has 0 aromatic heterocycles. The van der Waals surface area contributed by atoms with Crippen LogP contribution >= 0.6 is 0 Å². The summed E-state index contributed by atoms with van der Waals surface area (Å²) in [6, 6.07) is 0. The van der Waals surface area contributed by atoms with Crippen LogP contribution < -0.4 is 0 Å². The number of fused-ring (bicyclic) bond motifs is 6. The molecule has 0 aliphatic heterocycles. The third-order valence-electron chi connectivity index (χ3n) is 12.6. The number of carboxylic acids is 1. The van der Waals surface area contributed by atoms with E-state index in [4.69, 9.17) is 0 Å². The van der Waals surface area contributed by atoms with Crippen LogP contribution in [0.1, 0.15) is 93.4 Å². The summed E-state index contributed by atoms with van der Waals surface area (Å²) in [4.78, 5) is 12.8. The first-order valence-electron chi connectivity index (χ1n) is 13.7. The average molecular weight is 487 g/mol. The number of carboxylic acid groups (broad SMARTS) is 1. The van der Waals surface area contributed by atoms with Gasteiger partial charge in [0.2, 0.25) is 0 Å². The Morgan fingerprint density at radius 3 is 2.17 bits per heavy atom. The van der Waals surface area contributed by atoms with Gasteiger partial charge < -0.3 is 20.4 Å². The predicted octanol–water partition coefficient (Wildman–Crippen LogP) is 5.10. The summed E-state index contributed by atoms with van der Waals surface area (Å²) in [5, 5.41) is 43.9. The van der Waals surface area contributed by atoms with Crippen molar-refractivity contribution in [2.24, 2.45) is 44.3 Å². The monoisotopic (exact) mass is 486 g/mol. The normalized spacial score (nSPS) is 52.1. The molecule has 5 rings (SSSR count). The molecular formula is C30H46O5. The van der Waals surface area contributed by atoms with Gasteiger partial charge in [0.05, 0.1) is 23.7 Å². The number of hydrogen-bond acceptors (Lipinski definition) is 4. The maximum Gasteiger partial charge on any atom is 0.313 e. The SMILES string of the molecule is CC1(C)CCC2(C(=O)O)CCC3(C)C(=C2C1O)C=CC1C2(C)CC(O)C(O)C(C)(C)C2CCC13C. The van der Waals surface area contributed by atoms with E-state index in [1.54, 1.807) is 0 Å². The number of aliphatic hydroxyl groups excluding tert-OH is 3. The molecule has 35 heavy (non-hydrogen) atoms. The van der Waals surface area contributed by atoms with Crippen molar-refractivity contribution in [2.75, 3.05) is 0 Å². The van der Waals surface area contributed by atoms with Crippen molar-refractivity contribution in [1.82, 2.24) is 0 Å². The Kier molecular flexibility index (Phi) is 5.26. The molecule has 0 amide bonds. The molecule has 0 bridgehead atoms. The second kappa shape index (κ2) is 7.23. The van der Waals surface area contributed by atoms with Gasteiger partial charge >= 0.3 is 5.97 Å². The zero-order valence-corrected chi connectivity index (χ0v) is 22.7. The molecule has 9 unspecified atom stereocenters. The number of hydrogen-bond donors (Lipinski definition) is 4. The summed E-state index contributed by atoms with van der Waals surface area (Å²) >= 11 is 0. The Bertz CT molecular complexity index is 1010. The van der Waals surface area contributed by atoms with Gasteiger partial charge in [0.1, 0.15) is 0 Å². The highest BCUT2D eigenvalue weighted by molar-refractivity contribution is 5.81. The molecule has 3 fully saturated rings. The van der Waals surface area contributed by atoms with Gasteiger partial charge in [-0.25, -0.2) is 0 Å². The second-order valence-corrected chi connectivity index (χ2v) is 14.8. The van der Waals surface area contributed by atoms with Crippen molar-refractivity contribution in [3.05, 3.63) is 23.3 Å². The molecule has 0 aromatic carbocycles. The lowest BCUT2D eigenvalue weighted by molar-refractivity contribution is -0.217. The van der Waals surface area contributed by atoms with Crippen LogP contribution in [0.25, 0.3) is 0 Å². The predicted molar refractivity (Wildman–Crippen MR) is 135 cm³/mol. The fourth-order valence-corrected chi connectivity index (χ4v) is 10.1. The Labute approximate surface area is 210 Å². The van der Waals surface area contributed by atoms with Crippen molar-refractivity contribution in [1.29, 1.82) is 0 Å². The lowest BCUT2D eigenvalue weighted by Gasteiger charge is -2.69. The van der Waals surface area contributed by atoms with Gasteiger partial charge in [0.25, 0.3) is 0 Å². The van der Waals surface area contributed by atoms with E-state index in [9.17, 15) is 25.2 Å². The van der Waals surface area contributed by atoms with Crippen molar-refractivity contribution in [3.8, 4) is 0 Å². The molecule has 196 valence electrons. The van der Waals surface area contributed by atoms with E-state index < -0.39 is 29.7 Å². The molecule has 3 saturated carbocycles. The van der Waals surface area contributed by atoms with Crippen LogP contribution in [-0.2, 0) is 4.79 Å². The number of aliphatic carboxylic acids is 1. The van der Waals surface area contributed by atoms with Crippen LogP contribution in [0.2, 0.25) is 0 Å². The van der Waals surface area contributed by atoms with Crippen molar-refractivity contribution < 1.29 is 25.2 Å². The Hall–Kier alpha value is -1.17. The first-order chi connectivity index (χ1) is 16.0. The lowest BCUT2D eigenvalue weighted by atomic mass is 9.35. The van der Waals surface area contributed by atoms with E-state index in [0.717, 1.165) is 30.4 Å². The Balaban J connectivity index is 1.71. The topological polar surface area (TPSA) is 98.0 Å². The maximum absolute atomic E-state index is 12.8. The molecule has 5 heteroatoms. The van der Waals surface area contributed by atoms with Gasteiger partial charge in [-0.3, -0.25) is 4.79 Å². The number of aliphatic hydroxyl groups is 3. The third kappa shape index (κ3) is 2.89. The van der Waals surface area contributed by atoms with Crippen LogP contribution in [0.4, 0.5) is 0 Å². The molecule has 0 radical (unpaired) electrons. The van der Waals surface area contributed by atoms with E-state index in [1.807, 2.05) is 0 Å². The Morgan fingerprint density at radius 2 is 1.54 bits per heavy atom. The number of allylic oxidation sites excluding steroid dienone is 3. The number of rotatable bonds is 1. The zero-order valence-electron chi connectivity index (χ0n) is 22.7. The lowest BCUT2D eigenvalue weighted by Crippen LogP contribution is -2.66. The summed E-state index contributed by atoms with van der Waals surface area (Å²) in [7, 11) is 0. The number of carbonyl (C=O) groups is 1. The summed E-state index contributed by atoms with van der Waals surface area (Å²) in [5.41, 5.74) is -0.450. The molecule has 5 aliphatic rings. The average Bonchev–Trinajstić information content (AvgIpc) is 2.75. The molecule has 4 N–H and O–H groups in total. The van der Waals surface area contributed by atoms with Gasteiger partial charge in [0.15, 0.2) is 0 Å². The van der Waals surface area contributed by atoms with Crippen molar-refractivity contribution in [2.45, 2.75) is 112 Å². The third-order valence-corrected chi connectivity index (χ3v) is 12.6. The summed E-state index contributed by atoms with van der Waals surface area (Å²) < 4.78 is 0. The quantitative estimate of drug-likeness (QED) is 0.414. The van der Waals surface area contributed by atoms with Crippen LogP contribution in [0.3, 0.4) is 0 Å².